The van der Waals surface area contributed by atoms with E-state index in [-0.39, 0.29) is 12.5 Å². The summed E-state index contributed by atoms with van der Waals surface area (Å²) in [5.41, 5.74) is 7.74. The van der Waals surface area contributed by atoms with Crippen LogP contribution < -0.4 is 5.73 Å². The molecule has 0 fully saturated rings. The zero-order valence-electron chi connectivity index (χ0n) is 12.1. The number of carbonyl (C=O) groups excluding carboxylic acids is 1. The van der Waals surface area contributed by atoms with Gasteiger partial charge in [-0.25, -0.2) is 0 Å². The van der Waals surface area contributed by atoms with Gasteiger partial charge in [-0.2, -0.15) is 0 Å². The molecule has 108 valence electrons. The van der Waals surface area contributed by atoms with E-state index >= 15 is 0 Å². The van der Waals surface area contributed by atoms with Gasteiger partial charge < -0.3 is 15.7 Å². The molecule has 0 aromatic heterocycles. The van der Waals surface area contributed by atoms with Crippen molar-refractivity contribution in [3.63, 3.8) is 0 Å². The van der Waals surface area contributed by atoms with E-state index in [1.54, 1.807) is 11.0 Å². The summed E-state index contributed by atoms with van der Waals surface area (Å²) in [4.78, 5) is 14.1. The Kier molecular flexibility index (Phi) is 6.78. The van der Waals surface area contributed by atoms with Crippen LogP contribution in [0.5, 0.6) is 0 Å². The molecular formula is C16H22N2O2. The van der Waals surface area contributed by atoms with Crippen LogP contribution in [0.3, 0.4) is 0 Å². The number of amides is 1. The third-order valence-electron chi connectivity index (χ3n) is 2.81. The second-order valence-electron chi connectivity index (χ2n) is 4.61. The first kappa shape index (κ1) is 16.2. The molecule has 3 N–H and O–H groups in total. The average Bonchev–Trinajstić information content (AvgIpc) is 2.43. The quantitative estimate of drug-likeness (QED) is 0.792. The maximum absolute atomic E-state index is 12.4. The zero-order valence-corrected chi connectivity index (χ0v) is 12.1. The smallest absolute Gasteiger partial charge is 0.253 e. The Morgan fingerprint density at radius 2 is 2.10 bits per heavy atom. The minimum atomic E-state index is -0.0691. The fraction of sp³-hybridized carbons (Fsp3) is 0.438. The Labute approximate surface area is 120 Å². The van der Waals surface area contributed by atoms with Crippen LogP contribution in [0.25, 0.3) is 0 Å². The third kappa shape index (κ3) is 4.69. The first-order valence-electron chi connectivity index (χ1n) is 6.83. The SMILES string of the molecule is CCCN(CCO)C(=O)c1cc(C)cc(C#CCN)c1. The molecule has 0 spiro atoms. The normalized spacial score (nSPS) is 9.80. The van der Waals surface area contributed by atoms with E-state index in [0.717, 1.165) is 17.5 Å². The van der Waals surface area contributed by atoms with Gasteiger partial charge in [0, 0.05) is 24.2 Å². The van der Waals surface area contributed by atoms with Crippen molar-refractivity contribution in [3.05, 3.63) is 34.9 Å². The monoisotopic (exact) mass is 274 g/mol. The zero-order chi connectivity index (χ0) is 15.0. The number of nitrogens with zero attached hydrogens (tertiary/aromatic N) is 1. The molecule has 4 heteroatoms. The minimum Gasteiger partial charge on any atom is -0.395 e. The van der Waals surface area contributed by atoms with E-state index in [4.69, 9.17) is 10.8 Å². The molecule has 0 radical (unpaired) electrons. The number of nitrogens with two attached hydrogens (primary N) is 1. The van der Waals surface area contributed by atoms with E-state index in [0.29, 0.717) is 25.2 Å². The molecule has 0 aliphatic heterocycles. The van der Waals surface area contributed by atoms with Crippen LogP contribution in [0.1, 0.15) is 34.8 Å². The fourth-order valence-electron chi connectivity index (χ4n) is 2.02. The first-order chi connectivity index (χ1) is 9.62. The average molecular weight is 274 g/mol. The molecule has 4 nitrogen and oxygen atoms in total. The molecule has 0 atom stereocenters. The Morgan fingerprint density at radius 1 is 1.35 bits per heavy atom. The molecule has 0 aliphatic carbocycles. The lowest BCUT2D eigenvalue weighted by Crippen LogP contribution is -2.34. The lowest BCUT2D eigenvalue weighted by atomic mass is 10.1. The van der Waals surface area contributed by atoms with E-state index in [2.05, 4.69) is 11.8 Å². The van der Waals surface area contributed by atoms with E-state index in [1.807, 2.05) is 26.0 Å². The Balaban J connectivity index is 3.04. The lowest BCUT2D eigenvalue weighted by molar-refractivity contribution is 0.0722. The summed E-state index contributed by atoms with van der Waals surface area (Å²) in [6, 6.07) is 5.55. The summed E-state index contributed by atoms with van der Waals surface area (Å²) in [5.74, 6) is 5.67. The van der Waals surface area contributed by atoms with Gasteiger partial charge in [-0.05, 0) is 37.1 Å². The highest BCUT2D eigenvalue weighted by Gasteiger charge is 2.15. The predicted molar refractivity (Wildman–Crippen MR) is 80.4 cm³/mol. The summed E-state index contributed by atoms with van der Waals surface area (Å²) in [7, 11) is 0. The second kappa shape index (κ2) is 8.36. The highest BCUT2D eigenvalue weighted by Crippen LogP contribution is 2.12. The molecule has 0 saturated carbocycles. The minimum absolute atomic E-state index is 0.0304. The number of hydrogen-bond donors (Lipinski definition) is 2. The van der Waals surface area contributed by atoms with Crippen molar-refractivity contribution >= 4 is 5.91 Å². The topological polar surface area (TPSA) is 66.6 Å². The van der Waals surface area contributed by atoms with E-state index < -0.39 is 0 Å². The number of rotatable bonds is 5. The van der Waals surface area contributed by atoms with Gasteiger partial charge in [0.2, 0.25) is 0 Å². The molecular weight excluding hydrogens is 252 g/mol. The summed E-state index contributed by atoms with van der Waals surface area (Å²) >= 11 is 0. The van der Waals surface area contributed by atoms with Gasteiger partial charge in [0.15, 0.2) is 0 Å². The van der Waals surface area contributed by atoms with Crippen LogP contribution >= 0.6 is 0 Å². The van der Waals surface area contributed by atoms with Gasteiger partial charge in [-0.1, -0.05) is 18.8 Å². The number of benzene rings is 1. The van der Waals surface area contributed by atoms with Crippen LogP contribution in [0.15, 0.2) is 18.2 Å². The second-order valence-corrected chi connectivity index (χ2v) is 4.61. The molecule has 0 heterocycles. The van der Waals surface area contributed by atoms with Gasteiger partial charge in [-0.15, -0.1) is 0 Å². The highest BCUT2D eigenvalue weighted by atomic mass is 16.3. The standard InChI is InChI=1S/C16H22N2O2/c1-3-7-18(8-9-19)16(20)15-11-13(2)10-14(12-15)5-4-6-17/h10-12,19H,3,6-9,17H2,1-2H3. The number of aliphatic hydroxyl groups is 1. The van der Waals surface area contributed by atoms with E-state index in [1.165, 1.54) is 0 Å². The Bertz CT molecular complexity index is 509. The van der Waals surface area contributed by atoms with Gasteiger partial charge in [0.25, 0.3) is 5.91 Å². The predicted octanol–water partition coefficient (Wildman–Crippen LogP) is 1.15. The number of hydrogen-bond acceptors (Lipinski definition) is 3. The summed E-state index contributed by atoms with van der Waals surface area (Å²) in [6.07, 6.45) is 0.859. The maximum Gasteiger partial charge on any atom is 0.253 e. The molecule has 20 heavy (non-hydrogen) atoms. The van der Waals surface area contributed by atoms with Crippen LogP contribution in [0, 0.1) is 18.8 Å². The van der Waals surface area contributed by atoms with Gasteiger partial charge in [-0.3, -0.25) is 4.79 Å². The van der Waals surface area contributed by atoms with E-state index in [9.17, 15) is 4.79 Å². The number of aryl methyl sites for hydroxylation is 1. The van der Waals surface area contributed by atoms with Crippen molar-refractivity contribution in [1.29, 1.82) is 0 Å². The highest BCUT2D eigenvalue weighted by molar-refractivity contribution is 5.94. The lowest BCUT2D eigenvalue weighted by Gasteiger charge is -2.21. The van der Waals surface area contributed by atoms with Gasteiger partial charge >= 0.3 is 0 Å². The van der Waals surface area contributed by atoms with Gasteiger partial charge in [0.1, 0.15) is 0 Å². The van der Waals surface area contributed by atoms with Crippen molar-refractivity contribution in [2.75, 3.05) is 26.2 Å². The van der Waals surface area contributed by atoms with Crippen molar-refractivity contribution in [2.24, 2.45) is 5.73 Å². The molecule has 1 aromatic rings. The molecule has 1 aromatic carbocycles. The maximum atomic E-state index is 12.4. The summed E-state index contributed by atoms with van der Waals surface area (Å²) in [6.45, 7) is 5.19. The number of aliphatic hydroxyl groups excluding tert-OH is 1. The van der Waals surface area contributed by atoms with Crippen LogP contribution in [0.4, 0.5) is 0 Å². The van der Waals surface area contributed by atoms with Crippen LogP contribution in [-0.2, 0) is 0 Å². The number of carbonyl (C=O) groups is 1. The molecule has 1 amide bonds. The summed E-state index contributed by atoms with van der Waals surface area (Å²) in [5, 5.41) is 9.05. The fourth-order valence-corrected chi connectivity index (χ4v) is 2.02. The molecule has 0 bridgehead atoms. The molecule has 0 aliphatic rings. The first-order valence-corrected chi connectivity index (χ1v) is 6.83. The Morgan fingerprint density at radius 3 is 2.70 bits per heavy atom. The van der Waals surface area contributed by atoms with Gasteiger partial charge in [0.05, 0.1) is 13.2 Å². The van der Waals surface area contributed by atoms with Crippen LogP contribution in [-0.4, -0.2) is 42.2 Å². The van der Waals surface area contributed by atoms with Crippen LogP contribution in [0.2, 0.25) is 0 Å². The molecule has 1 rings (SSSR count). The summed E-state index contributed by atoms with van der Waals surface area (Å²) < 4.78 is 0. The molecule has 0 saturated heterocycles. The van der Waals surface area contributed by atoms with Crippen molar-refractivity contribution in [2.45, 2.75) is 20.3 Å². The largest absolute Gasteiger partial charge is 0.395 e. The third-order valence-corrected chi connectivity index (χ3v) is 2.81. The Hall–Kier alpha value is -1.83. The van der Waals surface area contributed by atoms with Crippen molar-refractivity contribution < 1.29 is 9.90 Å². The van der Waals surface area contributed by atoms with Crippen molar-refractivity contribution in [1.82, 2.24) is 4.90 Å². The van der Waals surface area contributed by atoms with Crippen molar-refractivity contribution in [3.8, 4) is 11.8 Å². The molecule has 0 unspecified atom stereocenters.